The summed E-state index contributed by atoms with van der Waals surface area (Å²) >= 11 is 0. The number of hydrogen-bond donors (Lipinski definition) is 1. The molecule has 1 N–H and O–H groups in total. The molecule has 0 fully saturated rings. The molecule has 4 nitrogen and oxygen atoms in total. The van der Waals surface area contributed by atoms with E-state index in [0.29, 0.717) is 23.6 Å². The summed E-state index contributed by atoms with van der Waals surface area (Å²) in [6.07, 6.45) is 0.335. The molecule has 1 amide bonds. The van der Waals surface area contributed by atoms with Gasteiger partial charge >= 0.3 is 0 Å². The third-order valence-electron chi connectivity index (χ3n) is 3.53. The summed E-state index contributed by atoms with van der Waals surface area (Å²) in [7, 11) is 3.15. The summed E-state index contributed by atoms with van der Waals surface area (Å²) in [5, 5.41) is 2.88. The van der Waals surface area contributed by atoms with Crippen molar-refractivity contribution in [2.75, 3.05) is 19.5 Å². The lowest BCUT2D eigenvalue weighted by Crippen LogP contribution is -2.15. The Balaban J connectivity index is 2.12. The Labute approximate surface area is 131 Å². The summed E-state index contributed by atoms with van der Waals surface area (Å²) in [6, 6.07) is 11.4. The van der Waals surface area contributed by atoms with Crippen LogP contribution in [0.15, 0.2) is 36.4 Å². The van der Waals surface area contributed by atoms with E-state index in [2.05, 4.69) is 11.4 Å². The van der Waals surface area contributed by atoms with Gasteiger partial charge in [-0.15, -0.1) is 0 Å². The molecule has 0 spiro atoms. The van der Waals surface area contributed by atoms with E-state index >= 15 is 0 Å². The first-order valence-electron chi connectivity index (χ1n) is 7.11. The third-order valence-corrected chi connectivity index (χ3v) is 3.53. The monoisotopic (exact) mass is 299 g/mol. The van der Waals surface area contributed by atoms with Crippen molar-refractivity contribution in [1.82, 2.24) is 0 Å². The molecular weight excluding hydrogens is 278 g/mol. The number of ether oxygens (including phenoxy) is 2. The van der Waals surface area contributed by atoms with Crippen LogP contribution in [0.3, 0.4) is 0 Å². The zero-order valence-electron chi connectivity index (χ0n) is 13.4. The van der Waals surface area contributed by atoms with Crippen LogP contribution >= 0.6 is 0 Å². The highest BCUT2D eigenvalue weighted by Gasteiger charge is 2.10. The zero-order valence-corrected chi connectivity index (χ0v) is 13.4. The summed E-state index contributed by atoms with van der Waals surface area (Å²) in [5.41, 5.74) is 3.98. The van der Waals surface area contributed by atoms with Crippen LogP contribution in [0.25, 0.3) is 0 Å². The van der Waals surface area contributed by atoms with E-state index in [0.717, 1.165) is 11.1 Å². The molecule has 0 saturated carbocycles. The zero-order chi connectivity index (χ0) is 16.1. The van der Waals surface area contributed by atoms with Gasteiger partial charge in [0.05, 0.1) is 26.3 Å². The van der Waals surface area contributed by atoms with Gasteiger partial charge in [0.2, 0.25) is 5.91 Å². The van der Waals surface area contributed by atoms with Gasteiger partial charge in [-0.1, -0.05) is 23.8 Å². The maximum atomic E-state index is 12.2. The van der Waals surface area contributed by atoms with Gasteiger partial charge in [0.1, 0.15) is 11.5 Å². The minimum absolute atomic E-state index is 0.0737. The quantitative estimate of drug-likeness (QED) is 0.919. The van der Waals surface area contributed by atoms with E-state index in [9.17, 15) is 4.79 Å². The first kappa shape index (κ1) is 15.9. The van der Waals surface area contributed by atoms with Gasteiger partial charge in [0.15, 0.2) is 0 Å². The molecule has 0 bridgehead atoms. The van der Waals surface area contributed by atoms with E-state index in [4.69, 9.17) is 9.47 Å². The fourth-order valence-electron chi connectivity index (χ4n) is 2.31. The van der Waals surface area contributed by atoms with Gasteiger partial charge in [-0.3, -0.25) is 4.79 Å². The summed E-state index contributed by atoms with van der Waals surface area (Å²) in [6.45, 7) is 4.06. The second kappa shape index (κ2) is 6.98. The Morgan fingerprint density at radius 3 is 2.45 bits per heavy atom. The van der Waals surface area contributed by atoms with Crippen molar-refractivity contribution in [2.45, 2.75) is 20.3 Å². The fourth-order valence-corrected chi connectivity index (χ4v) is 2.31. The molecule has 0 atom stereocenters. The van der Waals surface area contributed by atoms with E-state index in [1.165, 1.54) is 5.56 Å². The number of anilines is 1. The van der Waals surface area contributed by atoms with Crippen LogP contribution in [-0.4, -0.2) is 20.1 Å². The molecule has 2 rings (SSSR count). The number of aryl methyl sites for hydroxylation is 2. The Morgan fingerprint density at radius 1 is 1.05 bits per heavy atom. The first-order valence-corrected chi connectivity index (χ1v) is 7.11. The van der Waals surface area contributed by atoms with Crippen molar-refractivity contribution < 1.29 is 14.3 Å². The Kier molecular flexibility index (Phi) is 5.04. The molecule has 4 heteroatoms. The van der Waals surface area contributed by atoms with Gasteiger partial charge in [0, 0.05) is 6.07 Å². The van der Waals surface area contributed by atoms with Gasteiger partial charge < -0.3 is 14.8 Å². The van der Waals surface area contributed by atoms with Crippen LogP contribution in [0.4, 0.5) is 5.69 Å². The van der Waals surface area contributed by atoms with Crippen molar-refractivity contribution in [3.8, 4) is 11.5 Å². The number of carbonyl (C=O) groups excluding carboxylic acids is 1. The molecule has 116 valence electrons. The lowest BCUT2D eigenvalue weighted by Gasteiger charge is -2.12. The van der Waals surface area contributed by atoms with E-state index in [-0.39, 0.29) is 5.91 Å². The number of benzene rings is 2. The third kappa shape index (κ3) is 3.79. The minimum atomic E-state index is -0.0737. The predicted molar refractivity (Wildman–Crippen MR) is 87.8 cm³/mol. The molecule has 0 unspecified atom stereocenters. The average Bonchev–Trinajstić information content (AvgIpc) is 2.50. The molecule has 0 radical (unpaired) electrons. The first-order chi connectivity index (χ1) is 10.5. The molecule has 0 aliphatic rings. The SMILES string of the molecule is COc1ccc(NC(=O)Cc2ccc(C)cc2C)c(OC)c1. The van der Waals surface area contributed by atoms with Crippen molar-refractivity contribution in [3.05, 3.63) is 53.1 Å². The van der Waals surface area contributed by atoms with Crippen LogP contribution in [0, 0.1) is 13.8 Å². The van der Waals surface area contributed by atoms with Crippen LogP contribution in [-0.2, 0) is 11.2 Å². The number of methoxy groups -OCH3 is 2. The number of carbonyl (C=O) groups is 1. The summed E-state index contributed by atoms with van der Waals surface area (Å²) in [5.74, 6) is 1.19. The highest BCUT2D eigenvalue weighted by molar-refractivity contribution is 5.94. The Bertz CT molecular complexity index is 680. The molecule has 0 aliphatic heterocycles. The highest BCUT2D eigenvalue weighted by Crippen LogP contribution is 2.29. The molecule has 2 aromatic carbocycles. The normalized spacial score (nSPS) is 10.2. The van der Waals surface area contributed by atoms with E-state index in [1.807, 2.05) is 26.0 Å². The molecule has 0 saturated heterocycles. The molecule has 22 heavy (non-hydrogen) atoms. The van der Waals surface area contributed by atoms with Crippen molar-refractivity contribution >= 4 is 11.6 Å². The number of amides is 1. The van der Waals surface area contributed by atoms with Gasteiger partial charge in [-0.05, 0) is 37.1 Å². The summed E-state index contributed by atoms with van der Waals surface area (Å²) in [4.78, 5) is 12.2. The second-order valence-electron chi connectivity index (χ2n) is 5.22. The standard InChI is InChI=1S/C18H21NO3/c1-12-5-6-14(13(2)9-12)10-18(20)19-16-8-7-15(21-3)11-17(16)22-4/h5-9,11H,10H2,1-4H3,(H,19,20). The average molecular weight is 299 g/mol. The van der Waals surface area contributed by atoms with Crippen molar-refractivity contribution in [2.24, 2.45) is 0 Å². The van der Waals surface area contributed by atoms with Crippen LogP contribution in [0.1, 0.15) is 16.7 Å². The van der Waals surface area contributed by atoms with Crippen LogP contribution < -0.4 is 14.8 Å². The van der Waals surface area contributed by atoms with Crippen LogP contribution in [0.2, 0.25) is 0 Å². The number of rotatable bonds is 5. The molecule has 0 aliphatic carbocycles. The van der Waals surface area contributed by atoms with Gasteiger partial charge in [-0.25, -0.2) is 0 Å². The minimum Gasteiger partial charge on any atom is -0.497 e. The molecule has 2 aromatic rings. The summed E-state index contributed by atoms with van der Waals surface area (Å²) < 4.78 is 10.4. The highest BCUT2D eigenvalue weighted by atomic mass is 16.5. The van der Waals surface area contributed by atoms with Gasteiger partial charge in [0.25, 0.3) is 0 Å². The largest absolute Gasteiger partial charge is 0.497 e. The van der Waals surface area contributed by atoms with Crippen molar-refractivity contribution in [3.63, 3.8) is 0 Å². The fraction of sp³-hybridized carbons (Fsp3) is 0.278. The lowest BCUT2D eigenvalue weighted by atomic mass is 10.0. The molecular formula is C18H21NO3. The van der Waals surface area contributed by atoms with Gasteiger partial charge in [-0.2, -0.15) is 0 Å². The lowest BCUT2D eigenvalue weighted by molar-refractivity contribution is -0.115. The molecule has 0 aromatic heterocycles. The Hall–Kier alpha value is -2.49. The smallest absolute Gasteiger partial charge is 0.228 e. The number of hydrogen-bond acceptors (Lipinski definition) is 3. The predicted octanol–water partition coefficient (Wildman–Crippen LogP) is 3.50. The maximum absolute atomic E-state index is 12.2. The van der Waals surface area contributed by atoms with E-state index in [1.54, 1.807) is 32.4 Å². The maximum Gasteiger partial charge on any atom is 0.228 e. The molecule has 0 heterocycles. The number of nitrogens with one attached hydrogen (secondary N) is 1. The van der Waals surface area contributed by atoms with E-state index < -0.39 is 0 Å². The van der Waals surface area contributed by atoms with Crippen molar-refractivity contribution in [1.29, 1.82) is 0 Å². The topological polar surface area (TPSA) is 47.6 Å². The van der Waals surface area contributed by atoms with Crippen LogP contribution in [0.5, 0.6) is 11.5 Å². The Morgan fingerprint density at radius 2 is 1.82 bits per heavy atom. The second-order valence-corrected chi connectivity index (χ2v) is 5.22.